The lowest BCUT2D eigenvalue weighted by Crippen LogP contribution is -2.31. The van der Waals surface area contributed by atoms with Crippen LogP contribution in [0, 0.1) is 6.92 Å². The molecule has 45 heavy (non-hydrogen) atoms. The molecular formula is C29H27F3N4O7S2. The van der Waals surface area contributed by atoms with Crippen molar-refractivity contribution in [1.82, 2.24) is 19.1 Å². The van der Waals surface area contributed by atoms with Gasteiger partial charge >= 0.3 is 27.3 Å². The van der Waals surface area contributed by atoms with Crippen molar-refractivity contribution < 1.29 is 40.4 Å². The quantitative estimate of drug-likeness (QED) is 0.171. The van der Waals surface area contributed by atoms with Gasteiger partial charge in [-0.15, -0.1) is 11.3 Å². The molecular weight excluding hydrogens is 637 g/mol. The average Bonchev–Trinajstić information content (AvgIpc) is 3.46. The van der Waals surface area contributed by atoms with Crippen molar-refractivity contribution in [3.63, 3.8) is 0 Å². The fourth-order valence-electron chi connectivity index (χ4n) is 4.84. The minimum absolute atomic E-state index is 0.0857. The second kappa shape index (κ2) is 11.0. The maximum Gasteiger partial charge on any atom is 0.534 e. The first-order valence-corrected chi connectivity index (χ1v) is 15.5. The zero-order valence-electron chi connectivity index (χ0n) is 24.8. The standard InChI is InChI=1S/C29H27F3N4O7S2/c1-14-11-18-24(22(43-45(40,41)29(30,31)32)21(14)23(26(37)38)42-28(2,3)4)44-25(34-18)16-9-10-33-17(12-16)15-7-8-19-20(13-15)36(6)27(39)35(19)5/h7-13,23H,1-6H3,(H,37,38). The van der Waals surface area contributed by atoms with Gasteiger partial charge in [-0.05, 0) is 63.6 Å². The van der Waals surface area contributed by atoms with Gasteiger partial charge in [0.05, 0.1) is 32.5 Å². The normalized spacial score (nSPS) is 13.4. The fourth-order valence-corrected chi connectivity index (χ4v) is 6.41. The molecule has 238 valence electrons. The van der Waals surface area contributed by atoms with Gasteiger partial charge in [-0.25, -0.2) is 14.6 Å². The van der Waals surface area contributed by atoms with Crippen LogP contribution in [-0.4, -0.2) is 49.7 Å². The number of carboxylic acids is 1. The Morgan fingerprint density at radius 3 is 2.31 bits per heavy atom. The lowest BCUT2D eigenvalue weighted by molar-refractivity contribution is -0.160. The van der Waals surface area contributed by atoms with Gasteiger partial charge in [0.15, 0.2) is 11.9 Å². The van der Waals surface area contributed by atoms with E-state index in [1.165, 1.54) is 28.3 Å². The van der Waals surface area contributed by atoms with E-state index in [0.29, 0.717) is 22.3 Å². The first kappa shape index (κ1) is 32.1. The zero-order chi connectivity index (χ0) is 33.2. The molecule has 1 atom stereocenters. The molecule has 5 aromatic rings. The Morgan fingerprint density at radius 2 is 1.69 bits per heavy atom. The molecule has 0 bridgehead atoms. The van der Waals surface area contributed by atoms with Crippen LogP contribution in [0.4, 0.5) is 13.2 Å². The van der Waals surface area contributed by atoms with Gasteiger partial charge in [0.2, 0.25) is 0 Å². The summed E-state index contributed by atoms with van der Waals surface area (Å²) in [4.78, 5) is 33.6. The van der Waals surface area contributed by atoms with Gasteiger partial charge in [-0.3, -0.25) is 14.1 Å². The summed E-state index contributed by atoms with van der Waals surface area (Å²) < 4.78 is 78.2. The smallest absolute Gasteiger partial charge is 0.479 e. The molecule has 0 radical (unpaired) electrons. The first-order valence-electron chi connectivity index (χ1n) is 13.3. The topological polar surface area (TPSA) is 143 Å². The summed E-state index contributed by atoms with van der Waals surface area (Å²) >= 11 is 0.820. The van der Waals surface area contributed by atoms with Crippen LogP contribution >= 0.6 is 11.3 Å². The van der Waals surface area contributed by atoms with Gasteiger partial charge in [-0.2, -0.15) is 21.6 Å². The van der Waals surface area contributed by atoms with E-state index in [4.69, 9.17) is 4.74 Å². The van der Waals surface area contributed by atoms with E-state index >= 15 is 0 Å². The average molecular weight is 665 g/mol. The number of halogens is 3. The van der Waals surface area contributed by atoms with E-state index in [1.54, 1.807) is 65.2 Å². The molecule has 2 aromatic carbocycles. The summed E-state index contributed by atoms with van der Waals surface area (Å²) in [5.74, 6) is -2.38. The number of thiazole rings is 1. The van der Waals surface area contributed by atoms with Crippen molar-refractivity contribution in [1.29, 1.82) is 0 Å². The van der Waals surface area contributed by atoms with Crippen LogP contribution in [0.2, 0.25) is 0 Å². The van der Waals surface area contributed by atoms with Crippen molar-refractivity contribution in [3.05, 3.63) is 64.2 Å². The van der Waals surface area contributed by atoms with E-state index in [0.717, 1.165) is 16.9 Å². The van der Waals surface area contributed by atoms with E-state index in [1.807, 2.05) is 0 Å². The summed E-state index contributed by atoms with van der Waals surface area (Å²) in [6, 6.07) is 10.1. The fraction of sp³-hybridized carbons (Fsp3) is 0.310. The molecule has 0 aliphatic carbocycles. The van der Waals surface area contributed by atoms with Crippen LogP contribution in [0.25, 0.3) is 43.1 Å². The summed E-state index contributed by atoms with van der Waals surface area (Å²) in [5.41, 5.74) is -4.20. The van der Waals surface area contributed by atoms with Gasteiger partial charge < -0.3 is 14.0 Å². The number of rotatable bonds is 7. The van der Waals surface area contributed by atoms with Crippen LogP contribution in [0.1, 0.15) is 38.0 Å². The summed E-state index contributed by atoms with van der Waals surface area (Å²) in [5, 5.41) is 10.3. The zero-order valence-corrected chi connectivity index (χ0v) is 26.4. The number of aliphatic carboxylic acids is 1. The third kappa shape index (κ3) is 5.92. The predicted octanol–water partition coefficient (Wildman–Crippen LogP) is 5.69. The van der Waals surface area contributed by atoms with Gasteiger partial charge in [0.1, 0.15) is 5.01 Å². The van der Waals surface area contributed by atoms with E-state index in [2.05, 4.69) is 14.2 Å². The van der Waals surface area contributed by atoms with Crippen LogP contribution < -0.4 is 9.87 Å². The minimum atomic E-state index is -6.21. The van der Waals surface area contributed by atoms with Crippen LogP contribution in [0.15, 0.2) is 47.4 Å². The summed E-state index contributed by atoms with van der Waals surface area (Å²) in [7, 11) is -2.90. The van der Waals surface area contributed by atoms with Gasteiger partial charge in [0.25, 0.3) is 0 Å². The lowest BCUT2D eigenvalue weighted by Gasteiger charge is -2.27. The molecule has 3 heterocycles. The third-order valence-corrected chi connectivity index (χ3v) is 8.96. The number of aromatic nitrogens is 4. The third-order valence-electron chi connectivity index (χ3n) is 6.89. The molecule has 5 rings (SSSR count). The lowest BCUT2D eigenvalue weighted by atomic mass is 10.0. The Kier molecular flexibility index (Phi) is 7.82. The Hall–Kier alpha value is -4.28. The number of ether oxygens (including phenoxy) is 1. The Morgan fingerprint density at radius 1 is 1.02 bits per heavy atom. The maximum absolute atomic E-state index is 13.5. The second-order valence-corrected chi connectivity index (χ2v) is 13.8. The largest absolute Gasteiger partial charge is 0.534 e. The number of hydrogen-bond donors (Lipinski definition) is 1. The highest BCUT2D eigenvalue weighted by atomic mass is 32.2. The van der Waals surface area contributed by atoms with Crippen molar-refractivity contribution >= 4 is 48.7 Å². The highest BCUT2D eigenvalue weighted by Crippen LogP contribution is 2.45. The first-order chi connectivity index (χ1) is 20.8. The number of pyridine rings is 1. The molecule has 3 aromatic heterocycles. The van der Waals surface area contributed by atoms with Crippen LogP contribution in [0.3, 0.4) is 0 Å². The Labute approximate surface area is 258 Å². The van der Waals surface area contributed by atoms with Crippen molar-refractivity contribution in [2.24, 2.45) is 14.1 Å². The molecule has 0 fully saturated rings. The number of imidazole rings is 1. The van der Waals surface area contributed by atoms with Gasteiger partial charge in [0, 0.05) is 37.0 Å². The molecule has 0 aliphatic rings. The summed E-state index contributed by atoms with van der Waals surface area (Å²) in [6.07, 6.45) is -0.361. The van der Waals surface area contributed by atoms with E-state index in [-0.39, 0.29) is 32.0 Å². The molecule has 1 N–H and O–H groups in total. The molecule has 0 saturated heterocycles. The number of hydrogen-bond acceptors (Lipinski definition) is 9. The highest BCUT2D eigenvalue weighted by Gasteiger charge is 2.49. The molecule has 16 heteroatoms. The van der Waals surface area contributed by atoms with Crippen molar-refractivity contribution in [2.45, 2.75) is 44.9 Å². The SMILES string of the molecule is Cc1cc2nc(-c3ccnc(-c4ccc5c(c4)n(C)c(=O)n5C)c3)sc2c(OS(=O)(=O)C(F)(F)F)c1C(OC(C)(C)C)C(=O)O. The van der Waals surface area contributed by atoms with Crippen molar-refractivity contribution in [3.8, 4) is 27.6 Å². The molecule has 11 nitrogen and oxygen atoms in total. The minimum Gasteiger partial charge on any atom is -0.479 e. The number of benzene rings is 2. The molecule has 0 amide bonds. The Balaban J connectivity index is 1.70. The monoisotopic (exact) mass is 664 g/mol. The molecule has 1 unspecified atom stereocenters. The number of aryl methyl sites for hydroxylation is 3. The molecule has 0 spiro atoms. The van der Waals surface area contributed by atoms with E-state index in [9.17, 15) is 36.3 Å². The van der Waals surface area contributed by atoms with Crippen LogP contribution in [0.5, 0.6) is 5.75 Å². The molecule has 0 saturated carbocycles. The Bertz CT molecular complexity index is 2160. The summed E-state index contributed by atoms with van der Waals surface area (Å²) in [6.45, 7) is 6.04. The van der Waals surface area contributed by atoms with E-state index < -0.39 is 39.1 Å². The number of alkyl halides is 3. The van der Waals surface area contributed by atoms with Crippen molar-refractivity contribution in [2.75, 3.05) is 0 Å². The second-order valence-electron chi connectivity index (χ2n) is 11.3. The van der Waals surface area contributed by atoms with Gasteiger partial charge in [-0.1, -0.05) is 6.07 Å². The number of carbonyl (C=O) groups is 1. The number of nitrogens with zero attached hydrogens (tertiary/aromatic N) is 4. The predicted molar refractivity (Wildman–Crippen MR) is 162 cm³/mol. The maximum atomic E-state index is 13.5. The number of carboxylic acid groups (broad SMARTS) is 1. The van der Waals surface area contributed by atoms with Crippen LogP contribution in [-0.2, 0) is 33.7 Å². The number of fused-ring (bicyclic) bond motifs is 2. The molecule has 0 aliphatic heterocycles. The highest BCUT2D eigenvalue weighted by molar-refractivity contribution is 7.88.